The average molecular weight is 292 g/mol. The maximum atomic E-state index is 5.04. The molecule has 1 aromatic heterocycles. The summed E-state index contributed by atoms with van der Waals surface area (Å²) < 4.78 is 0. The van der Waals surface area contributed by atoms with Crippen LogP contribution in [-0.2, 0) is 5.54 Å². The van der Waals surface area contributed by atoms with Gasteiger partial charge in [-0.3, -0.25) is 0 Å². The molecule has 2 unspecified atom stereocenters. The highest BCUT2D eigenvalue weighted by Crippen LogP contribution is 2.46. The standard InChI is InChI=1S/C17H28N2S/c1-4-13-7-5-6-10-17(13,19-14-8-9-14)16-18-15(11-20-16)12(2)3/h11-14,19H,4-10H2,1-3H3. The van der Waals surface area contributed by atoms with Gasteiger partial charge in [0.15, 0.2) is 0 Å². The lowest BCUT2D eigenvalue weighted by molar-refractivity contribution is 0.132. The summed E-state index contributed by atoms with van der Waals surface area (Å²) in [4.78, 5) is 5.04. The predicted octanol–water partition coefficient (Wildman–Crippen LogP) is 4.81. The third-order valence-electron chi connectivity index (χ3n) is 5.10. The van der Waals surface area contributed by atoms with Crippen molar-refractivity contribution < 1.29 is 0 Å². The summed E-state index contributed by atoms with van der Waals surface area (Å²) >= 11 is 1.90. The summed E-state index contributed by atoms with van der Waals surface area (Å²) in [5, 5.41) is 7.69. The molecule has 0 aromatic carbocycles. The van der Waals surface area contributed by atoms with E-state index in [-0.39, 0.29) is 5.54 Å². The third kappa shape index (κ3) is 2.67. The topological polar surface area (TPSA) is 24.9 Å². The molecular formula is C17H28N2S. The van der Waals surface area contributed by atoms with Crippen LogP contribution in [0.4, 0.5) is 0 Å². The van der Waals surface area contributed by atoms with Crippen molar-refractivity contribution in [2.75, 3.05) is 0 Å². The van der Waals surface area contributed by atoms with Crippen molar-refractivity contribution in [2.45, 2.75) is 83.2 Å². The summed E-state index contributed by atoms with van der Waals surface area (Å²) in [5.74, 6) is 1.31. The highest BCUT2D eigenvalue weighted by atomic mass is 32.1. The molecule has 1 N–H and O–H groups in total. The lowest BCUT2D eigenvalue weighted by Gasteiger charge is -2.43. The summed E-state index contributed by atoms with van der Waals surface area (Å²) in [6, 6.07) is 0.758. The van der Waals surface area contributed by atoms with Gasteiger partial charge in [0.1, 0.15) is 5.01 Å². The van der Waals surface area contributed by atoms with Gasteiger partial charge in [0, 0.05) is 11.4 Å². The number of nitrogens with one attached hydrogen (secondary N) is 1. The third-order valence-corrected chi connectivity index (χ3v) is 6.14. The first-order chi connectivity index (χ1) is 9.65. The van der Waals surface area contributed by atoms with Gasteiger partial charge in [0.05, 0.1) is 11.2 Å². The van der Waals surface area contributed by atoms with Crippen LogP contribution >= 0.6 is 11.3 Å². The van der Waals surface area contributed by atoms with E-state index in [1.54, 1.807) is 0 Å². The summed E-state index contributed by atoms with van der Waals surface area (Å²) in [6.07, 6.45) is 9.40. The lowest BCUT2D eigenvalue weighted by atomic mass is 9.71. The molecule has 2 nitrogen and oxygen atoms in total. The van der Waals surface area contributed by atoms with E-state index in [1.807, 2.05) is 11.3 Å². The van der Waals surface area contributed by atoms with Gasteiger partial charge in [-0.1, -0.05) is 40.0 Å². The van der Waals surface area contributed by atoms with Crippen LogP contribution < -0.4 is 5.32 Å². The Kier molecular flexibility index (Phi) is 4.19. The van der Waals surface area contributed by atoms with E-state index in [0.717, 1.165) is 12.0 Å². The van der Waals surface area contributed by atoms with Crippen LogP contribution in [0.15, 0.2) is 5.38 Å². The minimum atomic E-state index is 0.186. The van der Waals surface area contributed by atoms with Crippen molar-refractivity contribution >= 4 is 11.3 Å². The molecule has 2 fully saturated rings. The molecule has 2 atom stereocenters. The Labute approximate surface area is 127 Å². The zero-order valence-electron chi connectivity index (χ0n) is 13.1. The molecule has 2 aliphatic carbocycles. The molecule has 0 aliphatic heterocycles. The normalized spacial score (nSPS) is 30.9. The van der Waals surface area contributed by atoms with E-state index < -0.39 is 0 Å². The van der Waals surface area contributed by atoms with E-state index in [0.29, 0.717) is 5.92 Å². The lowest BCUT2D eigenvalue weighted by Crippen LogP contribution is -2.51. The molecule has 0 spiro atoms. The van der Waals surface area contributed by atoms with Crippen LogP contribution in [0.5, 0.6) is 0 Å². The Bertz CT molecular complexity index is 450. The second kappa shape index (κ2) is 5.76. The van der Waals surface area contributed by atoms with Crippen molar-refractivity contribution in [2.24, 2.45) is 5.92 Å². The minimum absolute atomic E-state index is 0.186. The van der Waals surface area contributed by atoms with Crippen LogP contribution in [0.3, 0.4) is 0 Å². The number of rotatable bonds is 5. The van der Waals surface area contributed by atoms with Crippen molar-refractivity contribution in [3.63, 3.8) is 0 Å². The van der Waals surface area contributed by atoms with Gasteiger partial charge in [-0.15, -0.1) is 11.3 Å². The monoisotopic (exact) mass is 292 g/mol. The Morgan fingerprint density at radius 1 is 1.35 bits per heavy atom. The molecule has 20 heavy (non-hydrogen) atoms. The molecule has 1 aromatic rings. The van der Waals surface area contributed by atoms with Gasteiger partial charge >= 0.3 is 0 Å². The second-order valence-corrected chi connectivity index (χ2v) is 7.83. The van der Waals surface area contributed by atoms with Gasteiger partial charge in [0.2, 0.25) is 0 Å². The zero-order chi connectivity index (χ0) is 14.2. The van der Waals surface area contributed by atoms with Gasteiger partial charge in [0.25, 0.3) is 0 Å². The molecule has 3 heteroatoms. The number of thiazole rings is 1. The Morgan fingerprint density at radius 3 is 2.75 bits per heavy atom. The number of aromatic nitrogens is 1. The number of hydrogen-bond acceptors (Lipinski definition) is 3. The average Bonchev–Trinajstić information content (AvgIpc) is 3.10. The largest absolute Gasteiger partial charge is 0.302 e. The first-order valence-corrected chi connectivity index (χ1v) is 9.27. The first-order valence-electron chi connectivity index (χ1n) is 8.39. The maximum absolute atomic E-state index is 5.04. The van der Waals surface area contributed by atoms with E-state index in [1.165, 1.54) is 55.6 Å². The molecule has 1 heterocycles. The van der Waals surface area contributed by atoms with Crippen molar-refractivity contribution in [1.29, 1.82) is 0 Å². The van der Waals surface area contributed by atoms with E-state index in [4.69, 9.17) is 4.98 Å². The van der Waals surface area contributed by atoms with Crippen LogP contribution in [0.1, 0.15) is 82.3 Å². The minimum Gasteiger partial charge on any atom is -0.302 e. The molecule has 0 radical (unpaired) electrons. The maximum Gasteiger partial charge on any atom is 0.113 e. The Morgan fingerprint density at radius 2 is 2.15 bits per heavy atom. The van der Waals surface area contributed by atoms with Crippen LogP contribution in [0.25, 0.3) is 0 Å². The van der Waals surface area contributed by atoms with Crippen LogP contribution in [0, 0.1) is 5.92 Å². The molecule has 0 bridgehead atoms. The molecule has 0 amide bonds. The fraction of sp³-hybridized carbons (Fsp3) is 0.824. The van der Waals surface area contributed by atoms with Crippen molar-refractivity contribution in [3.05, 3.63) is 16.1 Å². The van der Waals surface area contributed by atoms with Gasteiger partial charge in [-0.25, -0.2) is 4.98 Å². The molecule has 2 saturated carbocycles. The fourth-order valence-corrected chi connectivity index (χ4v) is 4.93. The Balaban J connectivity index is 1.93. The van der Waals surface area contributed by atoms with E-state index >= 15 is 0 Å². The quantitative estimate of drug-likeness (QED) is 0.842. The predicted molar refractivity (Wildman–Crippen MR) is 86.3 cm³/mol. The van der Waals surface area contributed by atoms with Gasteiger partial charge in [-0.05, 0) is 37.5 Å². The number of hydrogen-bond donors (Lipinski definition) is 1. The zero-order valence-corrected chi connectivity index (χ0v) is 13.9. The summed E-state index contributed by atoms with van der Waals surface area (Å²) in [7, 11) is 0. The van der Waals surface area contributed by atoms with Gasteiger partial charge in [-0.2, -0.15) is 0 Å². The fourth-order valence-electron chi connectivity index (χ4n) is 3.68. The summed E-state index contributed by atoms with van der Waals surface area (Å²) in [6.45, 7) is 6.85. The smallest absolute Gasteiger partial charge is 0.113 e. The first kappa shape index (κ1) is 14.5. The molecular weight excluding hydrogens is 264 g/mol. The van der Waals surface area contributed by atoms with Gasteiger partial charge < -0.3 is 5.32 Å². The molecule has 2 aliphatic rings. The van der Waals surface area contributed by atoms with Crippen molar-refractivity contribution in [1.82, 2.24) is 10.3 Å². The Hall–Kier alpha value is -0.410. The second-order valence-electron chi connectivity index (χ2n) is 6.97. The molecule has 0 saturated heterocycles. The molecule has 112 valence electrons. The van der Waals surface area contributed by atoms with E-state index in [2.05, 4.69) is 31.5 Å². The van der Waals surface area contributed by atoms with Crippen LogP contribution in [0.2, 0.25) is 0 Å². The van der Waals surface area contributed by atoms with Crippen LogP contribution in [-0.4, -0.2) is 11.0 Å². The van der Waals surface area contributed by atoms with Crippen molar-refractivity contribution in [3.8, 4) is 0 Å². The highest BCUT2D eigenvalue weighted by molar-refractivity contribution is 7.09. The highest BCUT2D eigenvalue weighted by Gasteiger charge is 2.46. The molecule has 3 rings (SSSR count). The summed E-state index contributed by atoms with van der Waals surface area (Å²) in [5.41, 5.74) is 1.47. The van der Waals surface area contributed by atoms with E-state index in [9.17, 15) is 0 Å². The number of nitrogens with zero attached hydrogens (tertiary/aromatic N) is 1. The SMILES string of the molecule is CCC1CCCCC1(NC1CC1)c1nc(C(C)C)cs1.